The average Bonchev–Trinajstić information content (AvgIpc) is 2.95. The second-order valence-corrected chi connectivity index (χ2v) is 11.0. The second-order valence-electron chi connectivity index (χ2n) is 8.39. The Balaban J connectivity index is 1.27. The first-order valence-corrected chi connectivity index (χ1v) is 11.1. The Kier molecular flexibility index (Phi) is 3.86. The molecule has 1 aromatic carbocycles. The van der Waals surface area contributed by atoms with Gasteiger partial charge in [-0.2, -0.15) is 0 Å². The number of aromatic nitrogens is 1. The van der Waals surface area contributed by atoms with Gasteiger partial charge in [-0.25, -0.2) is 4.98 Å². The number of nitrogens with one attached hydrogen (secondary N) is 1. The number of nitrogens with zero attached hydrogens (tertiary/aromatic N) is 1. The van der Waals surface area contributed by atoms with Gasteiger partial charge in [0.15, 0.2) is 4.34 Å². The lowest BCUT2D eigenvalue weighted by Crippen LogP contribution is -2.60. The summed E-state index contributed by atoms with van der Waals surface area (Å²) < 4.78 is 2.19. The standard InChI is InChI=1S/C20H24N2OS2/c1-12(24-19-21-16-4-2-3-5-17(16)25-19)18(23)22-20-9-13-6-14(10-20)8-15(7-13)11-20/h2-5,12-15H,6-11H2,1H3,(H,22,23)/t12-,13?,14?,15?,20?/m1/s1. The van der Waals surface area contributed by atoms with Crippen molar-refractivity contribution in [3.63, 3.8) is 0 Å². The predicted octanol–water partition coefficient (Wildman–Crippen LogP) is 4.86. The Morgan fingerprint density at radius 1 is 1.20 bits per heavy atom. The lowest BCUT2D eigenvalue weighted by Gasteiger charge is -2.57. The van der Waals surface area contributed by atoms with Crippen molar-refractivity contribution in [2.75, 3.05) is 0 Å². The molecule has 4 bridgehead atoms. The first-order chi connectivity index (χ1) is 12.1. The number of rotatable bonds is 4. The largest absolute Gasteiger partial charge is 0.350 e. The Hall–Kier alpha value is -1.07. The van der Waals surface area contributed by atoms with E-state index in [9.17, 15) is 4.79 Å². The van der Waals surface area contributed by atoms with Crippen molar-refractivity contribution < 1.29 is 4.79 Å². The van der Waals surface area contributed by atoms with E-state index in [2.05, 4.69) is 16.4 Å². The molecule has 1 N–H and O–H groups in total. The van der Waals surface area contributed by atoms with Gasteiger partial charge in [-0.15, -0.1) is 11.3 Å². The maximum atomic E-state index is 12.9. The van der Waals surface area contributed by atoms with Gasteiger partial charge < -0.3 is 5.32 Å². The molecule has 0 unspecified atom stereocenters. The number of carbonyl (C=O) groups excluding carboxylic acids is 1. The fourth-order valence-electron chi connectivity index (χ4n) is 5.73. The van der Waals surface area contributed by atoms with Gasteiger partial charge in [-0.05, 0) is 75.3 Å². The van der Waals surface area contributed by atoms with E-state index in [-0.39, 0.29) is 16.7 Å². The van der Waals surface area contributed by atoms with Crippen LogP contribution in [0.3, 0.4) is 0 Å². The minimum atomic E-state index is -0.0893. The van der Waals surface area contributed by atoms with Gasteiger partial charge in [0.2, 0.25) is 5.91 Å². The fraction of sp³-hybridized carbons (Fsp3) is 0.600. The van der Waals surface area contributed by atoms with Crippen LogP contribution in [0.25, 0.3) is 10.2 Å². The quantitative estimate of drug-likeness (QED) is 0.779. The molecule has 1 heterocycles. The van der Waals surface area contributed by atoms with Crippen molar-refractivity contribution >= 4 is 39.2 Å². The van der Waals surface area contributed by atoms with E-state index in [1.807, 2.05) is 25.1 Å². The van der Waals surface area contributed by atoms with Crippen LogP contribution in [0.1, 0.15) is 45.4 Å². The van der Waals surface area contributed by atoms with Gasteiger partial charge in [0, 0.05) is 5.54 Å². The first-order valence-electron chi connectivity index (χ1n) is 9.43. The number of hydrogen-bond acceptors (Lipinski definition) is 4. The average molecular weight is 373 g/mol. The van der Waals surface area contributed by atoms with E-state index in [0.29, 0.717) is 0 Å². The molecule has 1 atom stereocenters. The highest BCUT2D eigenvalue weighted by molar-refractivity contribution is 8.02. The Morgan fingerprint density at radius 3 is 2.48 bits per heavy atom. The number of fused-ring (bicyclic) bond motifs is 1. The Bertz CT molecular complexity index is 747. The lowest BCUT2D eigenvalue weighted by atomic mass is 9.53. The molecule has 4 aliphatic rings. The Labute approximate surface area is 157 Å². The zero-order valence-corrected chi connectivity index (χ0v) is 16.2. The van der Waals surface area contributed by atoms with Crippen molar-refractivity contribution in [3.05, 3.63) is 24.3 Å². The minimum absolute atomic E-state index is 0.0893. The smallest absolute Gasteiger partial charge is 0.233 e. The van der Waals surface area contributed by atoms with Crippen LogP contribution in [0, 0.1) is 17.8 Å². The molecule has 4 fully saturated rings. The molecule has 0 saturated heterocycles. The third-order valence-corrected chi connectivity index (χ3v) is 8.58. The summed E-state index contributed by atoms with van der Waals surface area (Å²) in [5.74, 6) is 2.78. The van der Waals surface area contributed by atoms with Gasteiger partial charge in [0.1, 0.15) is 0 Å². The number of carbonyl (C=O) groups is 1. The van der Waals surface area contributed by atoms with Crippen molar-refractivity contribution in [2.45, 2.75) is 60.6 Å². The topological polar surface area (TPSA) is 42.0 Å². The minimum Gasteiger partial charge on any atom is -0.350 e. The molecule has 3 nitrogen and oxygen atoms in total. The molecular weight excluding hydrogens is 348 g/mol. The van der Waals surface area contributed by atoms with Gasteiger partial charge in [-0.3, -0.25) is 4.79 Å². The van der Waals surface area contributed by atoms with E-state index >= 15 is 0 Å². The summed E-state index contributed by atoms with van der Waals surface area (Å²) in [4.78, 5) is 17.6. The number of benzene rings is 1. The van der Waals surface area contributed by atoms with Gasteiger partial charge in [0.05, 0.1) is 15.5 Å². The van der Waals surface area contributed by atoms with Crippen LogP contribution in [0.15, 0.2) is 28.6 Å². The van der Waals surface area contributed by atoms with E-state index < -0.39 is 0 Å². The zero-order valence-electron chi connectivity index (χ0n) is 14.5. The van der Waals surface area contributed by atoms with Crippen LogP contribution in [-0.2, 0) is 4.79 Å². The van der Waals surface area contributed by atoms with Crippen LogP contribution in [0.2, 0.25) is 0 Å². The number of thiazole rings is 1. The van der Waals surface area contributed by atoms with Crippen molar-refractivity contribution in [1.82, 2.24) is 10.3 Å². The molecule has 6 rings (SSSR count). The van der Waals surface area contributed by atoms with E-state index in [4.69, 9.17) is 0 Å². The first kappa shape index (κ1) is 16.1. The maximum absolute atomic E-state index is 12.9. The summed E-state index contributed by atoms with van der Waals surface area (Å²) in [7, 11) is 0. The molecule has 1 aromatic heterocycles. The molecule has 0 radical (unpaired) electrons. The second kappa shape index (κ2) is 5.98. The van der Waals surface area contributed by atoms with Crippen molar-refractivity contribution in [1.29, 1.82) is 0 Å². The van der Waals surface area contributed by atoms with Crippen LogP contribution in [0.4, 0.5) is 0 Å². The highest BCUT2D eigenvalue weighted by atomic mass is 32.2. The summed E-state index contributed by atoms with van der Waals surface area (Å²) in [5, 5.41) is 3.41. The molecule has 2 aromatic rings. The fourth-order valence-corrected chi connectivity index (χ4v) is 7.94. The summed E-state index contributed by atoms with van der Waals surface area (Å²) in [6.07, 6.45) is 7.86. The molecule has 0 spiro atoms. The van der Waals surface area contributed by atoms with Crippen LogP contribution in [0.5, 0.6) is 0 Å². The van der Waals surface area contributed by atoms with Crippen LogP contribution < -0.4 is 5.32 Å². The number of para-hydroxylation sites is 1. The van der Waals surface area contributed by atoms with Gasteiger partial charge in [-0.1, -0.05) is 23.9 Å². The lowest BCUT2D eigenvalue weighted by molar-refractivity contribution is -0.126. The van der Waals surface area contributed by atoms with Crippen LogP contribution >= 0.6 is 23.1 Å². The zero-order chi connectivity index (χ0) is 17.0. The summed E-state index contributed by atoms with van der Waals surface area (Å²) in [6, 6.07) is 8.19. The molecule has 4 saturated carbocycles. The normalized spacial score (nSPS) is 34.4. The predicted molar refractivity (Wildman–Crippen MR) is 104 cm³/mol. The van der Waals surface area contributed by atoms with E-state index in [1.165, 1.54) is 43.2 Å². The van der Waals surface area contributed by atoms with E-state index in [1.54, 1.807) is 23.1 Å². The maximum Gasteiger partial charge on any atom is 0.233 e. The number of hydrogen-bond donors (Lipinski definition) is 1. The molecule has 5 heteroatoms. The summed E-state index contributed by atoms with van der Waals surface area (Å²) in [5.41, 5.74) is 1.14. The van der Waals surface area contributed by atoms with Gasteiger partial charge >= 0.3 is 0 Å². The SMILES string of the molecule is C[C@@H](Sc1nc2ccccc2s1)C(=O)NC12CC3CC(CC(C3)C1)C2. The highest BCUT2D eigenvalue weighted by Gasteiger charge is 2.51. The van der Waals surface area contributed by atoms with Crippen LogP contribution in [-0.4, -0.2) is 21.7 Å². The number of amides is 1. The third-order valence-electron chi connectivity index (χ3n) is 6.35. The van der Waals surface area contributed by atoms with Crippen molar-refractivity contribution in [3.8, 4) is 0 Å². The monoisotopic (exact) mass is 372 g/mol. The van der Waals surface area contributed by atoms with E-state index in [0.717, 1.165) is 27.6 Å². The summed E-state index contributed by atoms with van der Waals surface area (Å²) >= 11 is 3.29. The third kappa shape index (κ3) is 2.99. The number of thioether (sulfide) groups is 1. The molecule has 0 aliphatic heterocycles. The molecule has 25 heavy (non-hydrogen) atoms. The van der Waals surface area contributed by atoms with Crippen molar-refractivity contribution in [2.24, 2.45) is 17.8 Å². The Morgan fingerprint density at radius 2 is 1.84 bits per heavy atom. The molecule has 1 amide bonds. The molecule has 4 aliphatic carbocycles. The summed E-state index contributed by atoms with van der Waals surface area (Å²) in [6.45, 7) is 2.02. The molecular formula is C20H24N2OS2. The molecule has 132 valence electrons. The van der Waals surface area contributed by atoms with Gasteiger partial charge in [0.25, 0.3) is 0 Å². The highest BCUT2D eigenvalue weighted by Crippen LogP contribution is 2.55.